The third-order valence-corrected chi connectivity index (χ3v) is 3.02. The number of piperazine rings is 1. The first kappa shape index (κ1) is 10.6. The Morgan fingerprint density at radius 2 is 2.53 bits per heavy atom. The van der Waals surface area contributed by atoms with Crippen LogP contribution < -0.4 is 5.32 Å². The molecule has 4 heteroatoms. The highest BCUT2D eigenvalue weighted by Crippen LogP contribution is 2.15. The lowest BCUT2D eigenvalue weighted by Gasteiger charge is -2.38. The van der Waals surface area contributed by atoms with Gasteiger partial charge in [-0.15, -0.1) is 0 Å². The van der Waals surface area contributed by atoms with E-state index in [9.17, 15) is 0 Å². The summed E-state index contributed by atoms with van der Waals surface area (Å²) in [4.78, 5) is 2.49. The molecule has 1 aliphatic heterocycles. The molecule has 1 aromatic heterocycles. The minimum Gasteiger partial charge on any atom is -0.364 e. The van der Waals surface area contributed by atoms with E-state index in [1.807, 2.05) is 6.07 Å². The molecule has 0 aliphatic carbocycles. The molecule has 1 aliphatic rings. The maximum absolute atomic E-state index is 4.86. The van der Waals surface area contributed by atoms with Crippen LogP contribution in [0.15, 0.2) is 16.9 Å². The number of hydrogen-bond acceptors (Lipinski definition) is 4. The van der Waals surface area contributed by atoms with E-state index in [0.29, 0.717) is 12.0 Å². The first-order valence-electron chi connectivity index (χ1n) is 5.61. The Balaban J connectivity index is 1.99. The summed E-state index contributed by atoms with van der Waals surface area (Å²) in [6, 6.07) is 2.55. The molecule has 84 valence electrons. The minimum absolute atomic E-state index is 0.607. The van der Waals surface area contributed by atoms with Crippen LogP contribution in [0.5, 0.6) is 0 Å². The van der Waals surface area contributed by atoms with Gasteiger partial charge in [0.2, 0.25) is 0 Å². The van der Waals surface area contributed by atoms with Crippen LogP contribution in [0.1, 0.15) is 19.5 Å². The fraction of sp³-hybridized carbons (Fsp3) is 0.727. The van der Waals surface area contributed by atoms with Crippen LogP contribution in [-0.2, 0) is 6.54 Å². The second-order valence-electron chi connectivity index (χ2n) is 4.48. The van der Waals surface area contributed by atoms with E-state index in [1.54, 1.807) is 6.26 Å². The molecular formula is C11H19N3O. The van der Waals surface area contributed by atoms with Gasteiger partial charge in [0.15, 0.2) is 0 Å². The monoisotopic (exact) mass is 209 g/mol. The Hall–Kier alpha value is -0.870. The number of nitrogens with zero attached hydrogens (tertiary/aromatic N) is 2. The molecule has 2 heterocycles. The predicted octanol–water partition coefficient (Wildman–Crippen LogP) is 1.10. The fourth-order valence-electron chi connectivity index (χ4n) is 2.15. The van der Waals surface area contributed by atoms with Gasteiger partial charge in [0.25, 0.3) is 0 Å². The lowest BCUT2D eigenvalue weighted by atomic mass is 10.0. The average molecular weight is 209 g/mol. The van der Waals surface area contributed by atoms with Gasteiger partial charge >= 0.3 is 0 Å². The topological polar surface area (TPSA) is 41.3 Å². The van der Waals surface area contributed by atoms with Crippen molar-refractivity contribution in [2.24, 2.45) is 5.92 Å². The molecule has 1 unspecified atom stereocenters. The standard InChI is InChI=1S/C11H19N3O/c1-9(2)11-7-12-4-5-14(11)8-10-3-6-15-13-10/h3,6,9,11-12H,4-5,7-8H2,1-2H3. The van der Waals surface area contributed by atoms with Crippen molar-refractivity contribution in [3.8, 4) is 0 Å². The zero-order valence-corrected chi connectivity index (χ0v) is 9.44. The molecule has 4 nitrogen and oxygen atoms in total. The lowest BCUT2D eigenvalue weighted by Crippen LogP contribution is -2.53. The lowest BCUT2D eigenvalue weighted by molar-refractivity contribution is 0.114. The van der Waals surface area contributed by atoms with Crippen molar-refractivity contribution in [2.75, 3.05) is 19.6 Å². The third kappa shape index (κ3) is 2.58. The largest absolute Gasteiger partial charge is 0.364 e. The van der Waals surface area contributed by atoms with E-state index >= 15 is 0 Å². The minimum atomic E-state index is 0.607. The van der Waals surface area contributed by atoms with Crippen molar-refractivity contribution < 1.29 is 4.52 Å². The molecule has 15 heavy (non-hydrogen) atoms. The molecule has 0 spiro atoms. The summed E-state index contributed by atoms with van der Waals surface area (Å²) in [5.74, 6) is 0.671. The molecule has 1 atom stereocenters. The summed E-state index contributed by atoms with van der Waals surface area (Å²) < 4.78 is 4.86. The highest BCUT2D eigenvalue weighted by Gasteiger charge is 2.25. The van der Waals surface area contributed by atoms with E-state index in [4.69, 9.17) is 4.52 Å². The quantitative estimate of drug-likeness (QED) is 0.809. The number of hydrogen-bond donors (Lipinski definition) is 1. The van der Waals surface area contributed by atoms with Crippen molar-refractivity contribution >= 4 is 0 Å². The van der Waals surface area contributed by atoms with E-state index in [-0.39, 0.29) is 0 Å². The van der Waals surface area contributed by atoms with E-state index in [1.165, 1.54) is 0 Å². The zero-order chi connectivity index (χ0) is 10.7. The van der Waals surface area contributed by atoms with Gasteiger partial charge in [0.05, 0.1) is 5.69 Å². The summed E-state index contributed by atoms with van der Waals surface area (Å²) in [6.07, 6.45) is 1.64. The van der Waals surface area contributed by atoms with Gasteiger partial charge < -0.3 is 9.84 Å². The molecular weight excluding hydrogens is 190 g/mol. The normalized spacial score (nSPS) is 23.5. The predicted molar refractivity (Wildman–Crippen MR) is 58.4 cm³/mol. The molecule has 0 saturated carbocycles. The molecule has 0 bridgehead atoms. The van der Waals surface area contributed by atoms with Gasteiger partial charge in [0, 0.05) is 38.3 Å². The molecule has 2 rings (SSSR count). The summed E-state index contributed by atoms with van der Waals surface area (Å²) in [5, 5.41) is 7.41. The van der Waals surface area contributed by atoms with Gasteiger partial charge in [-0.3, -0.25) is 4.90 Å². The second-order valence-corrected chi connectivity index (χ2v) is 4.48. The SMILES string of the molecule is CC(C)C1CNCCN1Cc1ccon1. The average Bonchev–Trinajstić information content (AvgIpc) is 2.71. The van der Waals surface area contributed by atoms with Gasteiger partial charge in [0.1, 0.15) is 6.26 Å². The van der Waals surface area contributed by atoms with Crippen molar-refractivity contribution in [1.29, 1.82) is 0 Å². The van der Waals surface area contributed by atoms with Crippen LogP contribution in [0.25, 0.3) is 0 Å². The van der Waals surface area contributed by atoms with Crippen LogP contribution in [0.4, 0.5) is 0 Å². The van der Waals surface area contributed by atoms with Gasteiger partial charge in [-0.25, -0.2) is 0 Å². The molecule has 1 saturated heterocycles. The van der Waals surface area contributed by atoms with Crippen molar-refractivity contribution in [3.05, 3.63) is 18.0 Å². The first-order valence-corrected chi connectivity index (χ1v) is 5.61. The van der Waals surface area contributed by atoms with Crippen LogP contribution in [0.3, 0.4) is 0 Å². The molecule has 0 amide bonds. The van der Waals surface area contributed by atoms with Crippen molar-refractivity contribution in [2.45, 2.75) is 26.4 Å². The van der Waals surface area contributed by atoms with Crippen LogP contribution in [0.2, 0.25) is 0 Å². The highest BCUT2D eigenvalue weighted by atomic mass is 16.5. The smallest absolute Gasteiger partial charge is 0.124 e. The van der Waals surface area contributed by atoms with Crippen molar-refractivity contribution in [1.82, 2.24) is 15.4 Å². The van der Waals surface area contributed by atoms with Gasteiger partial charge in [-0.05, 0) is 5.92 Å². The molecule has 1 fully saturated rings. The molecule has 0 aromatic carbocycles. The van der Waals surface area contributed by atoms with Gasteiger partial charge in [-0.2, -0.15) is 0 Å². The zero-order valence-electron chi connectivity index (χ0n) is 9.44. The molecule has 1 N–H and O–H groups in total. The van der Waals surface area contributed by atoms with Gasteiger partial charge in [-0.1, -0.05) is 19.0 Å². The second kappa shape index (κ2) is 4.77. The Bertz CT molecular complexity index is 284. The van der Waals surface area contributed by atoms with E-state index in [0.717, 1.165) is 31.9 Å². The Morgan fingerprint density at radius 3 is 3.20 bits per heavy atom. The maximum atomic E-state index is 4.86. The number of aromatic nitrogens is 1. The molecule has 0 radical (unpaired) electrons. The van der Waals surface area contributed by atoms with Crippen molar-refractivity contribution in [3.63, 3.8) is 0 Å². The highest BCUT2D eigenvalue weighted by molar-refractivity contribution is 4.97. The maximum Gasteiger partial charge on any atom is 0.124 e. The third-order valence-electron chi connectivity index (χ3n) is 3.02. The molecule has 1 aromatic rings. The van der Waals surface area contributed by atoms with E-state index in [2.05, 4.69) is 29.2 Å². The first-order chi connectivity index (χ1) is 7.27. The van der Waals surface area contributed by atoms with Crippen LogP contribution in [-0.4, -0.2) is 35.7 Å². The number of nitrogens with one attached hydrogen (secondary N) is 1. The Morgan fingerprint density at radius 1 is 1.67 bits per heavy atom. The summed E-state index contributed by atoms with van der Waals surface area (Å²) >= 11 is 0. The summed E-state index contributed by atoms with van der Waals surface area (Å²) in [7, 11) is 0. The fourth-order valence-corrected chi connectivity index (χ4v) is 2.15. The van der Waals surface area contributed by atoms with Crippen LogP contribution >= 0.6 is 0 Å². The Labute approximate surface area is 90.6 Å². The summed E-state index contributed by atoms with van der Waals surface area (Å²) in [6.45, 7) is 8.69. The van der Waals surface area contributed by atoms with E-state index < -0.39 is 0 Å². The number of rotatable bonds is 3. The summed E-state index contributed by atoms with van der Waals surface area (Å²) in [5.41, 5.74) is 1.03. The Kier molecular flexibility index (Phi) is 3.38. The van der Waals surface area contributed by atoms with Crippen LogP contribution in [0, 0.1) is 5.92 Å².